The van der Waals surface area contributed by atoms with E-state index in [2.05, 4.69) is 21.7 Å². The van der Waals surface area contributed by atoms with E-state index in [1.165, 1.54) is 4.88 Å². The molecule has 0 spiro atoms. The molecule has 0 unspecified atom stereocenters. The van der Waals surface area contributed by atoms with E-state index in [1.54, 1.807) is 11.3 Å². The van der Waals surface area contributed by atoms with E-state index >= 15 is 0 Å². The van der Waals surface area contributed by atoms with Crippen LogP contribution in [0.5, 0.6) is 0 Å². The van der Waals surface area contributed by atoms with Gasteiger partial charge in [-0.05, 0) is 26.0 Å². The molecule has 2 aromatic rings. The van der Waals surface area contributed by atoms with Gasteiger partial charge in [0.15, 0.2) is 5.13 Å². The number of aryl methyl sites for hydroxylation is 2. The van der Waals surface area contributed by atoms with Crippen molar-refractivity contribution in [1.82, 2.24) is 10.3 Å². The highest BCUT2D eigenvalue weighted by Crippen LogP contribution is 2.25. The summed E-state index contributed by atoms with van der Waals surface area (Å²) in [5.74, 6) is -0.0872. The van der Waals surface area contributed by atoms with E-state index in [0.717, 1.165) is 36.3 Å². The van der Waals surface area contributed by atoms with Crippen molar-refractivity contribution in [2.45, 2.75) is 26.8 Å². The Morgan fingerprint density at radius 1 is 1.30 bits per heavy atom. The van der Waals surface area contributed by atoms with Crippen molar-refractivity contribution >= 4 is 22.4 Å². The molecule has 3 rings (SSSR count). The van der Waals surface area contributed by atoms with Gasteiger partial charge in [-0.1, -0.05) is 17.2 Å². The molecule has 0 saturated carbocycles. The summed E-state index contributed by atoms with van der Waals surface area (Å²) < 4.78 is 0. The Labute approximate surface area is 122 Å². The third-order valence-corrected chi connectivity index (χ3v) is 4.32. The number of nitrogens with one attached hydrogen (secondary N) is 2. The number of benzene rings is 1. The first-order valence-electron chi connectivity index (χ1n) is 6.71. The van der Waals surface area contributed by atoms with Gasteiger partial charge in [-0.15, -0.1) is 11.3 Å². The van der Waals surface area contributed by atoms with Gasteiger partial charge in [-0.3, -0.25) is 10.1 Å². The van der Waals surface area contributed by atoms with Gasteiger partial charge in [0.2, 0.25) is 0 Å². The van der Waals surface area contributed by atoms with Gasteiger partial charge in [0.05, 0.1) is 5.69 Å². The number of amides is 1. The molecule has 5 heteroatoms. The van der Waals surface area contributed by atoms with Crippen molar-refractivity contribution in [1.29, 1.82) is 0 Å². The fraction of sp³-hybridized carbons (Fsp3) is 0.333. The van der Waals surface area contributed by atoms with Gasteiger partial charge in [0.1, 0.15) is 0 Å². The second-order valence-corrected chi connectivity index (χ2v) is 6.23. The van der Waals surface area contributed by atoms with Crippen LogP contribution >= 0.6 is 11.3 Å². The van der Waals surface area contributed by atoms with Crippen molar-refractivity contribution < 1.29 is 4.79 Å². The number of thiazole rings is 1. The molecule has 1 amide bonds. The maximum Gasteiger partial charge on any atom is 0.257 e. The summed E-state index contributed by atoms with van der Waals surface area (Å²) in [5, 5.41) is 6.92. The second kappa shape index (κ2) is 5.34. The maximum atomic E-state index is 12.3. The van der Waals surface area contributed by atoms with Gasteiger partial charge in [-0.2, -0.15) is 0 Å². The molecule has 20 heavy (non-hydrogen) atoms. The summed E-state index contributed by atoms with van der Waals surface area (Å²) in [7, 11) is 0. The first kappa shape index (κ1) is 13.3. The Kier molecular flexibility index (Phi) is 3.54. The lowest BCUT2D eigenvalue weighted by Crippen LogP contribution is -2.22. The molecule has 2 N–H and O–H groups in total. The van der Waals surface area contributed by atoms with Crippen LogP contribution in [0.1, 0.15) is 32.1 Å². The first-order chi connectivity index (χ1) is 9.61. The third-order valence-electron chi connectivity index (χ3n) is 3.31. The van der Waals surface area contributed by atoms with Crippen molar-refractivity contribution in [3.8, 4) is 0 Å². The number of hydrogen-bond donors (Lipinski definition) is 2. The molecule has 0 atom stereocenters. The largest absolute Gasteiger partial charge is 0.311 e. The lowest BCUT2D eigenvalue weighted by molar-refractivity contribution is 0.102. The topological polar surface area (TPSA) is 54.0 Å². The fourth-order valence-corrected chi connectivity index (χ4v) is 3.43. The minimum atomic E-state index is -0.0872. The van der Waals surface area contributed by atoms with E-state index < -0.39 is 0 Å². The van der Waals surface area contributed by atoms with Gasteiger partial charge in [0, 0.05) is 30.0 Å². The van der Waals surface area contributed by atoms with Crippen LogP contribution < -0.4 is 10.6 Å². The molecule has 1 aromatic carbocycles. The summed E-state index contributed by atoms with van der Waals surface area (Å²) in [6, 6.07) is 5.86. The van der Waals surface area contributed by atoms with Crippen LogP contribution in [0.25, 0.3) is 0 Å². The molecule has 104 valence electrons. The maximum absolute atomic E-state index is 12.3. The third kappa shape index (κ3) is 2.73. The monoisotopic (exact) mass is 287 g/mol. The van der Waals surface area contributed by atoms with Crippen molar-refractivity contribution in [3.05, 3.63) is 45.5 Å². The van der Waals surface area contributed by atoms with Crippen LogP contribution in [0.4, 0.5) is 5.13 Å². The summed E-state index contributed by atoms with van der Waals surface area (Å²) in [5.41, 5.74) is 3.99. The lowest BCUT2D eigenvalue weighted by Gasteiger charge is -2.09. The molecule has 1 aromatic heterocycles. The quantitative estimate of drug-likeness (QED) is 0.893. The van der Waals surface area contributed by atoms with Crippen LogP contribution in [0.3, 0.4) is 0 Å². The second-order valence-electron chi connectivity index (χ2n) is 5.15. The van der Waals surface area contributed by atoms with Gasteiger partial charge in [0.25, 0.3) is 5.91 Å². The van der Waals surface area contributed by atoms with Crippen LogP contribution in [0.2, 0.25) is 0 Å². The number of anilines is 1. The van der Waals surface area contributed by atoms with E-state index in [1.807, 2.05) is 26.0 Å². The molecule has 0 bridgehead atoms. The fourth-order valence-electron chi connectivity index (χ4n) is 2.45. The van der Waals surface area contributed by atoms with E-state index in [4.69, 9.17) is 0 Å². The van der Waals surface area contributed by atoms with Crippen LogP contribution in [0, 0.1) is 13.8 Å². The summed E-state index contributed by atoms with van der Waals surface area (Å²) in [6.07, 6.45) is 0.936. The predicted molar refractivity (Wildman–Crippen MR) is 81.4 cm³/mol. The predicted octanol–water partition coefficient (Wildman–Crippen LogP) is 2.66. The molecule has 0 radical (unpaired) electrons. The van der Waals surface area contributed by atoms with Gasteiger partial charge < -0.3 is 5.32 Å². The molecule has 1 aliphatic heterocycles. The zero-order chi connectivity index (χ0) is 14.1. The van der Waals surface area contributed by atoms with Crippen LogP contribution in [-0.2, 0) is 13.0 Å². The number of fused-ring (bicyclic) bond motifs is 1. The zero-order valence-electron chi connectivity index (χ0n) is 11.6. The van der Waals surface area contributed by atoms with Crippen LogP contribution in [0.15, 0.2) is 18.2 Å². The highest BCUT2D eigenvalue weighted by atomic mass is 32.1. The van der Waals surface area contributed by atoms with Gasteiger partial charge >= 0.3 is 0 Å². The molecule has 0 fully saturated rings. The Morgan fingerprint density at radius 2 is 2.05 bits per heavy atom. The molecular formula is C15H17N3OS. The number of nitrogens with zero attached hydrogens (tertiary/aromatic N) is 1. The highest BCUT2D eigenvalue weighted by Gasteiger charge is 2.16. The summed E-state index contributed by atoms with van der Waals surface area (Å²) in [4.78, 5) is 18.0. The first-order valence-corrected chi connectivity index (χ1v) is 7.52. The number of carbonyl (C=O) groups is 1. The SMILES string of the molecule is Cc1cc(C)cc(C(=O)Nc2nc3c(s2)CNCC3)c1. The van der Waals surface area contributed by atoms with Crippen molar-refractivity contribution in [3.63, 3.8) is 0 Å². The van der Waals surface area contributed by atoms with Crippen LogP contribution in [-0.4, -0.2) is 17.4 Å². The number of aromatic nitrogens is 1. The minimum Gasteiger partial charge on any atom is -0.311 e. The van der Waals surface area contributed by atoms with E-state index in [9.17, 15) is 4.79 Å². The Hall–Kier alpha value is -1.72. The van der Waals surface area contributed by atoms with E-state index in [0.29, 0.717) is 10.7 Å². The summed E-state index contributed by atoms with van der Waals surface area (Å²) >= 11 is 1.56. The van der Waals surface area contributed by atoms with Gasteiger partial charge in [-0.25, -0.2) is 4.98 Å². The highest BCUT2D eigenvalue weighted by molar-refractivity contribution is 7.15. The van der Waals surface area contributed by atoms with E-state index in [-0.39, 0.29) is 5.91 Å². The van der Waals surface area contributed by atoms with Crippen molar-refractivity contribution in [2.75, 3.05) is 11.9 Å². The molecule has 0 saturated heterocycles. The lowest BCUT2D eigenvalue weighted by atomic mass is 10.1. The molecule has 0 aliphatic carbocycles. The molecule has 1 aliphatic rings. The molecule has 2 heterocycles. The Morgan fingerprint density at radius 3 is 2.75 bits per heavy atom. The van der Waals surface area contributed by atoms with Crippen molar-refractivity contribution in [2.24, 2.45) is 0 Å². The number of carbonyl (C=O) groups excluding carboxylic acids is 1. The Bertz CT molecular complexity index is 619. The Balaban J connectivity index is 1.80. The standard InChI is InChI=1S/C15H17N3OS/c1-9-5-10(2)7-11(6-9)14(19)18-15-17-12-3-4-16-8-13(12)20-15/h5-7,16H,3-4,8H2,1-2H3,(H,17,18,19). The number of rotatable bonds is 2. The average molecular weight is 287 g/mol. The summed E-state index contributed by atoms with van der Waals surface area (Å²) in [6.45, 7) is 5.81. The molecule has 4 nitrogen and oxygen atoms in total. The minimum absolute atomic E-state index is 0.0872. The smallest absolute Gasteiger partial charge is 0.257 e. The zero-order valence-corrected chi connectivity index (χ0v) is 12.4. The average Bonchev–Trinajstić information content (AvgIpc) is 2.79. The molecular weight excluding hydrogens is 270 g/mol. The number of hydrogen-bond acceptors (Lipinski definition) is 4. The normalized spacial score (nSPS) is 13.9.